The molecule has 2 amide bonds. The number of carbonyl (C=O) groups excluding carboxylic acids is 2. The predicted octanol–water partition coefficient (Wildman–Crippen LogP) is 5.26. The van der Waals surface area contributed by atoms with Gasteiger partial charge in [0.1, 0.15) is 5.71 Å². The zero-order valence-electron chi connectivity index (χ0n) is 15.9. The Labute approximate surface area is 196 Å². The molecule has 0 unspecified atom stereocenters. The summed E-state index contributed by atoms with van der Waals surface area (Å²) >= 11 is 15.1. The van der Waals surface area contributed by atoms with Crippen LogP contribution < -0.4 is 10.3 Å². The number of hydrogen-bond donors (Lipinski definition) is 1. The molecule has 0 saturated heterocycles. The lowest BCUT2D eigenvalue weighted by Gasteiger charge is -2.22. The average molecular weight is 492 g/mol. The molecule has 31 heavy (non-hydrogen) atoms. The maximum atomic E-state index is 12.6. The summed E-state index contributed by atoms with van der Waals surface area (Å²) in [6.45, 7) is 0. The molecule has 4 rings (SSSR count). The van der Waals surface area contributed by atoms with Gasteiger partial charge in [0.05, 0.1) is 5.69 Å². The second-order valence-corrected chi connectivity index (χ2v) is 9.42. The molecule has 11 heteroatoms. The summed E-state index contributed by atoms with van der Waals surface area (Å²) in [5.74, 6) is -0.0343. The molecule has 2 aromatic carbocycles. The maximum Gasteiger partial charge on any atom is 0.273 e. The normalized spacial score (nSPS) is 13.8. The number of hydrogen-bond acceptors (Lipinski definition) is 7. The second-order valence-electron chi connectivity index (χ2n) is 6.40. The van der Waals surface area contributed by atoms with E-state index in [1.54, 1.807) is 30.3 Å². The summed E-state index contributed by atoms with van der Waals surface area (Å²) in [6, 6.07) is 14.3. The molecule has 0 saturated carbocycles. The van der Waals surface area contributed by atoms with Crippen molar-refractivity contribution in [2.45, 2.75) is 22.9 Å². The zero-order valence-corrected chi connectivity index (χ0v) is 19.1. The maximum absolute atomic E-state index is 12.6. The first-order chi connectivity index (χ1) is 15.0. The van der Waals surface area contributed by atoms with Crippen LogP contribution in [-0.4, -0.2) is 27.7 Å². The summed E-state index contributed by atoms with van der Waals surface area (Å²) in [6.07, 6.45) is 0.469. The second kappa shape index (κ2) is 9.78. The van der Waals surface area contributed by atoms with E-state index in [9.17, 15) is 9.59 Å². The standard InChI is InChI=1S/C20H15Cl2N5O2S2/c21-14-7-4-8-15(22)13(14)11-30-20-25-24-19(31-20)23-18(29)16-9-10-17(28)27(26-16)12-5-2-1-3-6-12/h1-8H,9-11H2,(H,23,24,29). The fourth-order valence-corrected chi connectivity index (χ4v) is 5.27. The van der Waals surface area contributed by atoms with E-state index < -0.39 is 5.91 Å². The molecule has 158 valence electrons. The number of anilines is 2. The Hall–Kier alpha value is -2.46. The van der Waals surface area contributed by atoms with Crippen molar-refractivity contribution in [3.8, 4) is 0 Å². The Balaban J connectivity index is 1.41. The number of nitrogens with one attached hydrogen (secondary N) is 1. The SMILES string of the molecule is O=C(Nc1nnc(SCc2c(Cl)cccc2Cl)s1)C1=NN(c2ccccc2)C(=O)CC1. The van der Waals surface area contributed by atoms with Gasteiger partial charge in [-0.05, 0) is 29.8 Å². The van der Waals surface area contributed by atoms with E-state index in [1.165, 1.54) is 28.1 Å². The van der Waals surface area contributed by atoms with Crippen LogP contribution in [0.4, 0.5) is 10.8 Å². The van der Waals surface area contributed by atoms with E-state index in [0.717, 1.165) is 5.56 Å². The van der Waals surface area contributed by atoms with E-state index in [1.807, 2.05) is 18.2 Å². The molecular weight excluding hydrogens is 477 g/mol. The minimum absolute atomic E-state index is 0.157. The van der Waals surface area contributed by atoms with Crippen molar-refractivity contribution in [3.63, 3.8) is 0 Å². The first-order valence-corrected chi connectivity index (χ1v) is 11.7. The Bertz CT molecular complexity index is 1130. The third kappa shape index (κ3) is 5.24. The number of amides is 2. The number of rotatable bonds is 6. The summed E-state index contributed by atoms with van der Waals surface area (Å²) in [4.78, 5) is 24.9. The molecular formula is C20H15Cl2N5O2S2. The fraction of sp³-hybridized carbons (Fsp3) is 0.150. The van der Waals surface area contributed by atoms with Crippen LogP contribution in [0.1, 0.15) is 18.4 Å². The monoisotopic (exact) mass is 491 g/mol. The van der Waals surface area contributed by atoms with Crippen LogP contribution in [0, 0.1) is 0 Å². The minimum atomic E-state index is -0.407. The van der Waals surface area contributed by atoms with Crippen LogP contribution >= 0.6 is 46.3 Å². The minimum Gasteiger partial charge on any atom is -0.295 e. The highest BCUT2D eigenvalue weighted by Crippen LogP contribution is 2.33. The number of nitrogens with zero attached hydrogens (tertiary/aromatic N) is 4. The zero-order chi connectivity index (χ0) is 21.8. The highest BCUT2D eigenvalue weighted by atomic mass is 35.5. The van der Waals surface area contributed by atoms with Gasteiger partial charge in [-0.2, -0.15) is 5.10 Å². The lowest BCUT2D eigenvalue weighted by molar-refractivity contribution is -0.118. The predicted molar refractivity (Wildman–Crippen MR) is 125 cm³/mol. The lowest BCUT2D eigenvalue weighted by atomic mass is 10.1. The van der Waals surface area contributed by atoms with Gasteiger partial charge in [0.25, 0.3) is 5.91 Å². The van der Waals surface area contributed by atoms with Gasteiger partial charge < -0.3 is 0 Å². The van der Waals surface area contributed by atoms with E-state index in [2.05, 4.69) is 20.6 Å². The number of halogens is 2. The van der Waals surface area contributed by atoms with Crippen molar-refractivity contribution in [1.82, 2.24) is 10.2 Å². The molecule has 0 bridgehead atoms. The molecule has 1 aliphatic heterocycles. The number of hydrazone groups is 1. The van der Waals surface area contributed by atoms with Crippen molar-refractivity contribution < 1.29 is 9.59 Å². The van der Waals surface area contributed by atoms with Gasteiger partial charge in [-0.3, -0.25) is 14.9 Å². The number of aromatic nitrogens is 2. The molecule has 0 spiro atoms. The van der Waals surface area contributed by atoms with Crippen LogP contribution in [0.5, 0.6) is 0 Å². The number of para-hydroxylation sites is 1. The highest BCUT2D eigenvalue weighted by Gasteiger charge is 2.26. The average Bonchev–Trinajstić information content (AvgIpc) is 3.21. The topological polar surface area (TPSA) is 87.6 Å². The molecule has 3 aromatic rings. The molecule has 0 atom stereocenters. The third-order valence-electron chi connectivity index (χ3n) is 4.32. The van der Waals surface area contributed by atoms with Gasteiger partial charge in [0.2, 0.25) is 11.0 Å². The third-order valence-corrected chi connectivity index (χ3v) is 7.03. The summed E-state index contributed by atoms with van der Waals surface area (Å²) in [7, 11) is 0. The van der Waals surface area contributed by atoms with Gasteiger partial charge >= 0.3 is 0 Å². The smallest absolute Gasteiger partial charge is 0.273 e. The van der Waals surface area contributed by atoms with Crippen molar-refractivity contribution in [1.29, 1.82) is 0 Å². The Kier molecular flexibility index (Phi) is 6.86. The molecule has 1 aromatic heterocycles. The summed E-state index contributed by atoms with van der Waals surface area (Å²) in [5.41, 5.74) is 1.69. The van der Waals surface area contributed by atoms with Gasteiger partial charge in [0.15, 0.2) is 4.34 Å². The molecule has 1 aliphatic rings. The van der Waals surface area contributed by atoms with Crippen LogP contribution in [0.2, 0.25) is 10.0 Å². The van der Waals surface area contributed by atoms with Crippen molar-refractivity contribution in [2.24, 2.45) is 5.10 Å². The molecule has 1 N–H and O–H groups in total. The van der Waals surface area contributed by atoms with Gasteiger partial charge in [-0.25, -0.2) is 5.01 Å². The highest BCUT2D eigenvalue weighted by molar-refractivity contribution is 8.00. The Morgan fingerprint density at radius 1 is 1.06 bits per heavy atom. The van der Waals surface area contributed by atoms with Crippen molar-refractivity contribution >= 4 is 74.6 Å². The molecule has 2 heterocycles. The van der Waals surface area contributed by atoms with E-state index in [0.29, 0.717) is 31.0 Å². The fourth-order valence-electron chi connectivity index (χ4n) is 2.78. The first-order valence-electron chi connectivity index (χ1n) is 9.17. The Morgan fingerprint density at radius 2 is 1.81 bits per heavy atom. The number of benzene rings is 2. The summed E-state index contributed by atoms with van der Waals surface area (Å²) in [5, 5.41) is 17.8. The molecule has 7 nitrogen and oxygen atoms in total. The van der Waals surface area contributed by atoms with Gasteiger partial charge in [-0.1, -0.05) is 70.6 Å². The van der Waals surface area contributed by atoms with Crippen LogP contribution in [0.3, 0.4) is 0 Å². The van der Waals surface area contributed by atoms with Crippen LogP contribution in [0.25, 0.3) is 0 Å². The molecule has 0 aliphatic carbocycles. The van der Waals surface area contributed by atoms with E-state index >= 15 is 0 Å². The summed E-state index contributed by atoms with van der Waals surface area (Å²) < 4.78 is 0.665. The lowest BCUT2D eigenvalue weighted by Crippen LogP contribution is -2.36. The van der Waals surface area contributed by atoms with E-state index in [4.69, 9.17) is 23.2 Å². The quantitative estimate of drug-likeness (QED) is 0.375. The van der Waals surface area contributed by atoms with Gasteiger partial charge in [-0.15, -0.1) is 10.2 Å². The first kappa shape index (κ1) is 21.8. The van der Waals surface area contributed by atoms with Crippen LogP contribution in [-0.2, 0) is 15.3 Å². The molecule has 0 radical (unpaired) electrons. The largest absolute Gasteiger partial charge is 0.295 e. The van der Waals surface area contributed by atoms with Gasteiger partial charge in [0, 0.05) is 28.6 Å². The van der Waals surface area contributed by atoms with Crippen molar-refractivity contribution in [2.75, 3.05) is 10.3 Å². The number of carbonyl (C=O) groups is 2. The number of thioether (sulfide) groups is 1. The van der Waals surface area contributed by atoms with E-state index in [-0.39, 0.29) is 24.5 Å². The van der Waals surface area contributed by atoms with Crippen molar-refractivity contribution in [3.05, 3.63) is 64.1 Å². The van der Waals surface area contributed by atoms with Crippen LogP contribution in [0.15, 0.2) is 58.0 Å². The molecule has 0 fully saturated rings. The Morgan fingerprint density at radius 3 is 2.55 bits per heavy atom.